The van der Waals surface area contributed by atoms with E-state index in [0.29, 0.717) is 6.04 Å². The van der Waals surface area contributed by atoms with Crippen LogP contribution in [-0.2, 0) is 0 Å². The van der Waals surface area contributed by atoms with Crippen molar-refractivity contribution in [3.05, 3.63) is 0 Å². The molecule has 0 unspecified atom stereocenters. The van der Waals surface area contributed by atoms with E-state index >= 15 is 0 Å². The van der Waals surface area contributed by atoms with Gasteiger partial charge in [-0.3, -0.25) is 9.80 Å². The van der Waals surface area contributed by atoms with Gasteiger partial charge in [0.2, 0.25) is 0 Å². The molecule has 0 aromatic heterocycles. The van der Waals surface area contributed by atoms with Crippen molar-refractivity contribution in [1.82, 2.24) is 19.6 Å². The first-order valence-electron chi connectivity index (χ1n) is 11.5. The summed E-state index contributed by atoms with van der Waals surface area (Å²) < 4.78 is 0. The molecule has 3 rings (SSSR count). The molecule has 0 spiro atoms. The number of nitrogens with zero attached hydrogens (tertiary/aromatic N) is 4. The molecule has 3 fully saturated rings. The van der Waals surface area contributed by atoms with Crippen LogP contribution >= 0.6 is 0 Å². The first-order valence-corrected chi connectivity index (χ1v) is 11.5. The Kier molecular flexibility index (Phi) is 7.80. The molecular formula is C22H44N4. The van der Waals surface area contributed by atoms with Gasteiger partial charge in [0, 0.05) is 51.4 Å². The van der Waals surface area contributed by atoms with Crippen molar-refractivity contribution in [2.45, 2.75) is 65.5 Å². The van der Waals surface area contributed by atoms with Crippen LogP contribution < -0.4 is 0 Å². The Morgan fingerprint density at radius 2 is 1.15 bits per heavy atom. The zero-order valence-electron chi connectivity index (χ0n) is 18.0. The monoisotopic (exact) mass is 364 g/mol. The van der Waals surface area contributed by atoms with E-state index in [4.69, 9.17) is 0 Å². The number of rotatable bonds is 6. The Labute approximate surface area is 162 Å². The second-order valence-corrected chi connectivity index (χ2v) is 9.66. The minimum Gasteiger partial charge on any atom is -0.302 e. The zero-order chi connectivity index (χ0) is 18.5. The van der Waals surface area contributed by atoms with Crippen LogP contribution in [0, 0.1) is 11.8 Å². The fraction of sp³-hybridized carbons (Fsp3) is 1.00. The molecule has 0 radical (unpaired) electrons. The van der Waals surface area contributed by atoms with E-state index in [1.54, 1.807) is 0 Å². The molecule has 0 N–H and O–H groups in total. The van der Waals surface area contributed by atoms with Crippen LogP contribution in [0.2, 0.25) is 0 Å². The molecule has 0 aromatic rings. The highest BCUT2D eigenvalue weighted by Crippen LogP contribution is 2.24. The smallest absolute Gasteiger partial charge is 0.0121 e. The Morgan fingerprint density at radius 1 is 0.654 bits per heavy atom. The summed E-state index contributed by atoms with van der Waals surface area (Å²) in [5, 5.41) is 0. The summed E-state index contributed by atoms with van der Waals surface area (Å²) in [7, 11) is 0. The SMILES string of the molecule is CC(C)C1CCN(CCN2CCC(N3CCN(C(C)C)CC3)CC2)CC1. The molecule has 3 heterocycles. The summed E-state index contributed by atoms with van der Waals surface area (Å²) in [5.74, 6) is 1.84. The largest absolute Gasteiger partial charge is 0.302 e. The second kappa shape index (κ2) is 9.86. The number of piperidine rings is 2. The third kappa shape index (κ3) is 5.67. The van der Waals surface area contributed by atoms with Crippen LogP contribution in [0.15, 0.2) is 0 Å². The van der Waals surface area contributed by atoms with Gasteiger partial charge in [-0.15, -0.1) is 0 Å². The van der Waals surface area contributed by atoms with E-state index in [1.165, 1.54) is 91.1 Å². The Balaban J connectivity index is 1.30. The van der Waals surface area contributed by atoms with Gasteiger partial charge < -0.3 is 9.80 Å². The van der Waals surface area contributed by atoms with Crippen molar-refractivity contribution in [3.8, 4) is 0 Å². The second-order valence-electron chi connectivity index (χ2n) is 9.66. The van der Waals surface area contributed by atoms with Crippen LogP contribution in [0.3, 0.4) is 0 Å². The molecule has 3 aliphatic rings. The summed E-state index contributed by atoms with van der Waals surface area (Å²) in [6.45, 7) is 22.5. The van der Waals surface area contributed by atoms with Gasteiger partial charge in [-0.1, -0.05) is 13.8 Å². The maximum Gasteiger partial charge on any atom is 0.0121 e. The van der Waals surface area contributed by atoms with Crippen molar-refractivity contribution in [3.63, 3.8) is 0 Å². The van der Waals surface area contributed by atoms with Crippen LogP contribution in [0.1, 0.15) is 53.4 Å². The van der Waals surface area contributed by atoms with Gasteiger partial charge in [-0.25, -0.2) is 0 Å². The van der Waals surface area contributed by atoms with Crippen molar-refractivity contribution >= 4 is 0 Å². The third-order valence-electron chi connectivity index (χ3n) is 7.46. The maximum atomic E-state index is 2.78. The van der Waals surface area contributed by atoms with E-state index in [1.807, 2.05) is 0 Å². The summed E-state index contributed by atoms with van der Waals surface area (Å²) in [4.78, 5) is 10.9. The number of likely N-dealkylation sites (tertiary alicyclic amines) is 2. The molecule has 0 saturated carbocycles. The highest BCUT2D eigenvalue weighted by atomic mass is 15.3. The quantitative estimate of drug-likeness (QED) is 0.718. The summed E-state index contributed by atoms with van der Waals surface area (Å²) in [6.07, 6.45) is 5.61. The third-order valence-corrected chi connectivity index (χ3v) is 7.46. The topological polar surface area (TPSA) is 13.0 Å². The Morgan fingerprint density at radius 3 is 1.62 bits per heavy atom. The number of hydrogen-bond donors (Lipinski definition) is 0. The van der Waals surface area contributed by atoms with Crippen molar-refractivity contribution in [1.29, 1.82) is 0 Å². The molecule has 3 saturated heterocycles. The summed E-state index contributed by atoms with van der Waals surface area (Å²) in [5.41, 5.74) is 0. The molecule has 4 heteroatoms. The lowest BCUT2D eigenvalue weighted by Gasteiger charge is -2.44. The average Bonchev–Trinajstić information content (AvgIpc) is 2.67. The predicted molar refractivity (Wildman–Crippen MR) is 112 cm³/mol. The van der Waals surface area contributed by atoms with Crippen LogP contribution in [0.25, 0.3) is 0 Å². The van der Waals surface area contributed by atoms with Crippen LogP contribution in [0.5, 0.6) is 0 Å². The molecule has 0 amide bonds. The van der Waals surface area contributed by atoms with E-state index < -0.39 is 0 Å². The molecule has 0 aliphatic carbocycles. The van der Waals surface area contributed by atoms with Crippen LogP contribution in [0.4, 0.5) is 0 Å². The Hall–Kier alpha value is -0.160. The molecule has 0 bridgehead atoms. The van der Waals surface area contributed by atoms with Gasteiger partial charge in [0.1, 0.15) is 0 Å². The summed E-state index contributed by atoms with van der Waals surface area (Å²) in [6, 6.07) is 1.56. The van der Waals surface area contributed by atoms with E-state index in [-0.39, 0.29) is 0 Å². The van der Waals surface area contributed by atoms with Crippen molar-refractivity contribution in [2.24, 2.45) is 11.8 Å². The van der Waals surface area contributed by atoms with Crippen molar-refractivity contribution < 1.29 is 0 Å². The lowest BCUT2D eigenvalue weighted by molar-refractivity contribution is 0.0452. The standard InChI is InChI=1S/C22H44N4/c1-19(2)21-5-9-23(10-6-21)13-14-24-11-7-22(8-12-24)26-17-15-25(16-18-26)20(3)4/h19-22H,5-18H2,1-4H3. The maximum absolute atomic E-state index is 2.78. The number of piperazine rings is 1. The van der Waals surface area contributed by atoms with E-state index in [2.05, 4.69) is 47.3 Å². The number of hydrogen-bond acceptors (Lipinski definition) is 4. The molecule has 3 aliphatic heterocycles. The van der Waals surface area contributed by atoms with Gasteiger partial charge in [0.15, 0.2) is 0 Å². The Bertz CT molecular complexity index is 387. The molecule has 4 nitrogen and oxygen atoms in total. The molecule has 0 atom stereocenters. The first kappa shape index (κ1) is 20.6. The van der Waals surface area contributed by atoms with Crippen molar-refractivity contribution in [2.75, 3.05) is 65.4 Å². The lowest BCUT2D eigenvalue weighted by atomic mass is 9.87. The summed E-state index contributed by atoms with van der Waals surface area (Å²) >= 11 is 0. The molecule has 0 aromatic carbocycles. The minimum absolute atomic E-state index is 0.713. The fourth-order valence-electron chi connectivity index (χ4n) is 5.25. The normalized spacial score (nSPS) is 27.0. The minimum atomic E-state index is 0.713. The molecule has 26 heavy (non-hydrogen) atoms. The fourth-order valence-corrected chi connectivity index (χ4v) is 5.25. The van der Waals surface area contributed by atoms with E-state index in [0.717, 1.165) is 17.9 Å². The van der Waals surface area contributed by atoms with Crippen LogP contribution in [-0.4, -0.2) is 97.1 Å². The van der Waals surface area contributed by atoms with Gasteiger partial charge in [0.25, 0.3) is 0 Å². The highest BCUT2D eigenvalue weighted by Gasteiger charge is 2.28. The lowest BCUT2D eigenvalue weighted by Crippen LogP contribution is -2.54. The van der Waals surface area contributed by atoms with Gasteiger partial charge >= 0.3 is 0 Å². The average molecular weight is 365 g/mol. The van der Waals surface area contributed by atoms with Gasteiger partial charge in [0.05, 0.1) is 0 Å². The van der Waals surface area contributed by atoms with E-state index in [9.17, 15) is 0 Å². The molecular weight excluding hydrogens is 320 g/mol. The zero-order valence-corrected chi connectivity index (χ0v) is 18.0. The van der Waals surface area contributed by atoms with Gasteiger partial charge in [-0.05, 0) is 77.5 Å². The first-order chi connectivity index (χ1) is 12.5. The molecule has 152 valence electrons. The van der Waals surface area contributed by atoms with Gasteiger partial charge in [-0.2, -0.15) is 0 Å². The predicted octanol–water partition coefficient (Wildman–Crippen LogP) is 2.84. The highest BCUT2D eigenvalue weighted by molar-refractivity contribution is 4.84.